The quantitative estimate of drug-likeness (QED) is 0.440. The van der Waals surface area contributed by atoms with Gasteiger partial charge in [-0.25, -0.2) is 24.3 Å². The summed E-state index contributed by atoms with van der Waals surface area (Å²) in [7, 11) is 0. The van der Waals surface area contributed by atoms with Crippen molar-refractivity contribution in [1.82, 2.24) is 30.2 Å². The number of anilines is 3. The Hall–Kier alpha value is -3.43. The molecule has 172 valence electrons. The number of hydrogen-bond acceptors (Lipinski definition) is 8. The molecule has 1 aliphatic carbocycles. The smallest absolute Gasteiger partial charge is 0.167 e. The van der Waals surface area contributed by atoms with Gasteiger partial charge in [0.25, 0.3) is 0 Å². The van der Waals surface area contributed by atoms with Crippen molar-refractivity contribution in [1.29, 1.82) is 0 Å². The second kappa shape index (κ2) is 8.73. The summed E-state index contributed by atoms with van der Waals surface area (Å²) in [5.74, 6) is 1.98. The van der Waals surface area contributed by atoms with Crippen LogP contribution in [0.1, 0.15) is 24.3 Å². The summed E-state index contributed by atoms with van der Waals surface area (Å²) in [4.78, 5) is 25.0. The molecule has 5 heterocycles. The van der Waals surface area contributed by atoms with Crippen LogP contribution < -0.4 is 15.5 Å². The Morgan fingerprint density at radius 1 is 1.06 bits per heavy atom. The number of nitrogens with one attached hydrogen (secondary N) is 2. The molecular formula is C24H22ClFN8. The number of pyridine rings is 3. The lowest BCUT2D eigenvalue weighted by molar-refractivity contribution is 0.586. The molecule has 2 aliphatic rings. The molecule has 0 bridgehead atoms. The highest BCUT2D eigenvalue weighted by atomic mass is 35.5. The molecule has 1 saturated heterocycles. The van der Waals surface area contributed by atoms with E-state index < -0.39 is 5.82 Å². The summed E-state index contributed by atoms with van der Waals surface area (Å²) in [6.07, 6.45) is 9.16. The van der Waals surface area contributed by atoms with Crippen LogP contribution in [0.3, 0.4) is 0 Å². The summed E-state index contributed by atoms with van der Waals surface area (Å²) < 4.78 is 14.2. The van der Waals surface area contributed by atoms with Crippen LogP contribution in [0.25, 0.3) is 22.3 Å². The van der Waals surface area contributed by atoms with E-state index in [1.165, 1.54) is 30.7 Å². The predicted molar refractivity (Wildman–Crippen MR) is 130 cm³/mol. The van der Waals surface area contributed by atoms with Gasteiger partial charge >= 0.3 is 0 Å². The van der Waals surface area contributed by atoms with Gasteiger partial charge in [-0.2, -0.15) is 0 Å². The van der Waals surface area contributed by atoms with Crippen LogP contribution in [0.5, 0.6) is 0 Å². The van der Waals surface area contributed by atoms with Crippen molar-refractivity contribution in [2.24, 2.45) is 0 Å². The average Bonchev–Trinajstić information content (AvgIpc) is 3.71. The third-order valence-corrected chi connectivity index (χ3v) is 6.33. The Morgan fingerprint density at radius 2 is 1.91 bits per heavy atom. The molecule has 10 heteroatoms. The third kappa shape index (κ3) is 4.12. The van der Waals surface area contributed by atoms with Gasteiger partial charge in [0, 0.05) is 55.7 Å². The lowest BCUT2D eigenvalue weighted by atomic mass is 10.1. The lowest BCUT2D eigenvalue weighted by Gasteiger charge is -2.30. The molecule has 1 aliphatic heterocycles. The summed E-state index contributed by atoms with van der Waals surface area (Å²) in [5, 5.41) is 7.65. The first-order chi connectivity index (χ1) is 16.7. The van der Waals surface area contributed by atoms with Crippen molar-refractivity contribution in [2.45, 2.75) is 18.8 Å². The molecule has 0 radical (unpaired) electrons. The van der Waals surface area contributed by atoms with E-state index in [1.807, 2.05) is 18.5 Å². The lowest BCUT2D eigenvalue weighted by Crippen LogP contribution is -2.44. The second-order valence-electron chi connectivity index (χ2n) is 8.54. The molecule has 6 rings (SSSR count). The first-order valence-corrected chi connectivity index (χ1v) is 11.7. The van der Waals surface area contributed by atoms with Crippen LogP contribution in [0, 0.1) is 5.82 Å². The fourth-order valence-corrected chi connectivity index (χ4v) is 4.44. The van der Waals surface area contributed by atoms with E-state index in [-0.39, 0.29) is 10.8 Å². The van der Waals surface area contributed by atoms with Crippen LogP contribution in [-0.4, -0.2) is 51.1 Å². The number of hydrogen-bond donors (Lipinski definition) is 2. The van der Waals surface area contributed by atoms with E-state index in [1.54, 1.807) is 12.3 Å². The highest BCUT2D eigenvalue weighted by Crippen LogP contribution is 2.44. The Kier molecular flexibility index (Phi) is 5.43. The van der Waals surface area contributed by atoms with Gasteiger partial charge in [-0.3, -0.25) is 4.98 Å². The maximum Gasteiger partial charge on any atom is 0.167 e. The van der Waals surface area contributed by atoms with Gasteiger partial charge in [-0.1, -0.05) is 11.6 Å². The van der Waals surface area contributed by atoms with Crippen LogP contribution in [0.2, 0.25) is 5.02 Å². The third-order valence-electron chi connectivity index (χ3n) is 6.12. The number of halogens is 2. The van der Waals surface area contributed by atoms with E-state index in [4.69, 9.17) is 21.6 Å². The van der Waals surface area contributed by atoms with E-state index in [0.717, 1.165) is 48.5 Å². The molecule has 2 N–H and O–H groups in total. The highest BCUT2D eigenvalue weighted by molar-refractivity contribution is 6.30. The molecule has 0 aromatic carbocycles. The van der Waals surface area contributed by atoms with Gasteiger partial charge in [0.2, 0.25) is 0 Å². The molecular weight excluding hydrogens is 455 g/mol. The van der Waals surface area contributed by atoms with Crippen molar-refractivity contribution in [2.75, 3.05) is 36.4 Å². The molecule has 0 atom stereocenters. The Morgan fingerprint density at radius 3 is 2.71 bits per heavy atom. The minimum absolute atomic E-state index is 0.0493. The van der Waals surface area contributed by atoms with Crippen LogP contribution in [0.15, 0.2) is 43.0 Å². The summed E-state index contributed by atoms with van der Waals surface area (Å²) in [5.41, 5.74) is 2.83. The van der Waals surface area contributed by atoms with E-state index in [9.17, 15) is 4.39 Å². The zero-order valence-electron chi connectivity index (χ0n) is 18.3. The van der Waals surface area contributed by atoms with Gasteiger partial charge in [0.15, 0.2) is 17.5 Å². The topological polar surface area (TPSA) is 91.8 Å². The van der Waals surface area contributed by atoms with Gasteiger partial charge in [0.1, 0.15) is 11.6 Å². The largest absolute Gasteiger partial charge is 0.353 e. The minimum atomic E-state index is -0.554. The van der Waals surface area contributed by atoms with Crippen molar-refractivity contribution in [3.05, 3.63) is 59.4 Å². The Balaban J connectivity index is 1.43. The van der Waals surface area contributed by atoms with Gasteiger partial charge in [-0.05, 0) is 42.5 Å². The molecule has 0 unspecified atom stereocenters. The first-order valence-electron chi connectivity index (χ1n) is 11.3. The molecule has 2 fully saturated rings. The molecule has 4 aromatic rings. The van der Waals surface area contributed by atoms with E-state index in [0.29, 0.717) is 17.6 Å². The molecule has 0 spiro atoms. The van der Waals surface area contributed by atoms with Crippen LogP contribution in [-0.2, 0) is 0 Å². The SMILES string of the molecule is Fc1cc(Cl)cnc1Nc1cc(-c2nc(N3CCNCC3)c3c(C4CC4)cncc3n2)ccn1. The van der Waals surface area contributed by atoms with Crippen molar-refractivity contribution in [3.63, 3.8) is 0 Å². The average molecular weight is 477 g/mol. The first kappa shape index (κ1) is 21.1. The molecule has 0 amide bonds. The second-order valence-corrected chi connectivity index (χ2v) is 8.98. The molecule has 4 aromatic heterocycles. The monoisotopic (exact) mass is 476 g/mol. The minimum Gasteiger partial charge on any atom is -0.353 e. The summed E-state index contributed by atoms with van der Waals surface area (Å²) in [6.45, 7) is 3.58. The zero-order valence-corrected chi connectivity index (χ0v) is 19.1. The van der Waals surface area contributed by atoms with E-state index in [2.05, 4.69) is 30.5 Å². The number of rotatable bonds is 5. The Labute approximate surface area is 200 Å². The van der Waals surface area contributed by atoms with Crippen molar-refractivity contribution < 1.29 is 4.39 Å². The number of aromatic nitrogens is 5. The number of fused-ring (bicyclic) bond motifs is 1. The molecule has 1 saturated carbocycles. The number of nitrogens with zero attached hydrogens (tertiary/aromatic N) is 6. The van der Waals surface area contributed by atoms with Gasteiger partial charge in [-0.15, -0.1) is 0 Å². The summed E-state index contributed by atoms with van der Waals surface area (Å²) >= 11 is 5.81. The maximum absolute atomic E-state index is 14.2. The van der Waals surface area contributed by atoms with Crippen LogP contribution >= 0.6 is 11.6 Å². The zero-order chi connectivity index (χ0) is 23.1. The fraction of sp³-hybridized carbons (Fsp3) is 0.292. The normalized spacial score (nSPS) is 16.1. The highest BCUT2D eigenvalue weighted by Gasteiger charge is 2.29. The predicted octanol–water partition coefficient (Wildman–Crippen LogP) is 4.30. The molecule has 34 heavy (non-hydrogen) atoms. The standard InChI is InChI=1S/C24H22ClFN8/c25-16-10-18(26)23(30-11-16)32-20-9-15(3-4-29-20)22-31-19-13-28-12-17(14-1-2-14)21(19)24(33-22)34-7-5-27-6-8-34/h3-4,9-14,27H,1-2,5-8H2,(H,29,30,32). The summed E-state index contributed by atoms with van der Waals surface area (Å²) in [6, 6.07) is 4.84. The Bertz CT molecular complexity index is 1370. The maximum atomic E-state index is 14.2. The van der Waals surface area contributed by atoms with Crippen molar-refractivity contribution >= 4 is 40.0 Å². The van der Waals surface area contributed by atoms with Crippen molar-refractivity contribution in [3.8, 4) is 11.4 Å². The fourth-order valence-electron chi connectivity index (χ4n) is 4.29. The van der Waals surface area contributed by atoms with Crippen LogP contribution in [0.4, 0.5) is 21.8 Å². The molecule has 8 nitrogen and oxygen atoms in total. The number of piperazine rings is 1. The van der Waals surface area contributed by atoms with Gasteiger partial charge in [0.05, 0.1) is 16.7 Å². The van der Waals surface area contributed by atoms with E-state index >= 15 is 0 Å². The van der Waals surface area contributed by atoms with Gasteiger partial charge < -0.3 is 15.5 Å².